The van der Waals surface area contributed by atoms with Gasteiger partial charge in [-0.1, -0.05) is 0 Å². The minimum Gasteiger partial charge on any atom is -0.507 e. The summed E-state index contributed by atoms with van der Waals surface area (Å²) in [5.74, 6) is 4.44. The maximum atomic E-state index is 10.6. The van der Waals surface area contributed by atoms with Gasteiger partial charge in [-0.05, 0) is 97.2 Å². The first-order valence-corrected chi connectivity index (χ1v) is 11.3. The smallest absolute Gasteiger partial charge is 0.122 e. The largest absolute Gasteiger partial charge is 0.507 e. The van der Waals surface area contributed by atoms with E-state index in [0.29, 0.717) is 11.5 Å². The van der Waals surface area contributed by atoms with E-state index in [4.69, 9.17) is 0 Å². The van der Waals surface area contributed by atoms with Crippen molar-refractivity contribution in [1.29, 1.82) is 0 Å². The zero-order chi connectivity index (χ0) is 19.2. The van der Waals surface area contributed by atoms with Crippen LogP contribution in [-0.2, 0) is 23.0 Å². The summed E-state index contributed by atoms with van der Waals surface area (Å²) in [6.07, 6.45) is 0. The Labute approximate surface area is 165 Å². The van der Waals surface area contributed by atoms with E-state index < -0.39 is 0 Å². The zero-order valence-corrected chi connectivity index (χ0v) is 18.2. The van der Waals surface area contributed by atoms with Crippen LogP contribution in [0.4, 0.5) is 0 Å². The lowest BCUT2D eigenvalue weighted by Gasteiger charge is -2.23. The molecule has 1 aliphatic heterocycles. The highest BCUT2D eigenvalue weighted by molar-refractivity contribution is 7.98. The van der Waals surface area contributed by atoms with Crippen LogP contribution >= 0.6 is 23.5 Å². The quantitative estimate of drug-likeness (QED) is 0.570. The van der Waals surface area contributed by atoms with Crippen molar-refractivity contribution in [2.24, 2.45) is 0 Å². The van der Waals surface area contributed by atoms with E-state index in [-0.39, 0.29) is 0 Å². The van der Waals surface area contributed by atoms with Crippen molar-refractivity contribution in [2.45, 2.75) is 64.6 Å². The van der Waals surface area contributed by atoms with E-state index in [0.717, 1.165) is 45.3 Å². The van der Waals surface area contributed by atoms with Gasteiger partial charge in [0.05, 0.1) is 0 Å². The molecule has 0 radical (unpaired) electrons. The zero-order valence-electron chi connectivity index (χ0n) is 16.5. The Kier molecular flexibility index (Phi) is 5.55. The second-order valence-electron chi connectivity index (χ2n) is 7.35. The molecule has 2 nitrogen and oxygen atoms in total. The Balaban J connectivity index is 2.12. The molecule has 0 atom stereocenters. The predicted octanol–water partition coefficient (Wildman–Crippen LogP) is 6.13. The van der Waals surface area contributed by atoms with Gasteiger partial charge in [0.15, 0.2) is 0 Å². The predicted molar refractivity (Wildman–Crippen MR) is 115 cm³/mol. The maximum absolute atomic E-state index is 10.6. The van der Waals surface area contributed by atoms with Crippen LogP contribution in [0.1, 0.15) is 55.6 Å². The second kappa shape index (κ2) is 7.40. The molecule has 0 aromatic heterocycles. The van der Waals surface area contributed by atoms with Crippen molar-refractivity contribution >= 4 is 23.5 Å². The lowest BCUT2D eigenvalue weighted by atomic mass is 9.93. The molecular formula is C22H28O2S2. The molecule has 26 heavy (non-hydrogen) atoms. The number of aromatic hydroxyl groups is 2. The van der Waals surface area contributed by atoms with Gasteiger partial charge in [-0.25, -0.2) is 0 Å². The van der Waals surface area contributed by atoms with E-state index >= 15 is 0 Å². The second-order valence-corrected chi connectivity index (χ2v) is 9.32. The molecule has 2 aromatic carbocycles. The number of phenolic OH excluding ortho intramolecular Hbond substituents is 2. The molecule has 0 saturated heterocycles. The van der Waals surface area contributed by atoms with Crippen molar-refractivity contribution in [1.82, 2.24) is 0 Å². The van der Waals surface area contributed by atoms with Crippen LogP contribution < -0.4 is 0 Å². The van der Waals surface area contributed by atoms with Crippen molar-refractivity contribution < 1.29 is 10.2 Å². The molecule has 1 aliphatic rings. The van der Waals surface area contributed by atoms with Crippen molar-refractivity contribution in [3.05, 3.63) is 55.6 Å². The van der Waals surface area contributed by atoms with Gasteiger partial charge in [0, 0.05) is 23.0 Å². The number of hydrogen-bond donors (Lipinski definition) is 2. The third kappa shape index (κ3) is 3.11. The molecule has 140 valence electrons. The SMILES string of the molecule is Cc1c(O)c(C)c2c(C)c1CSCc1c(C)c(O)c(C)c(c1C)CSC2. The van der Waals surface area contributed by atoms with E-state index in [2.05, 4.69) is 13.8 Å². The maximum Gasteiger partial charge on any atom is 0.122 e. The number of phenols is 2. The molecule has 2 aromatic rings. The highest BCUT2D eigenvalue weighted by atomic mass is 32.2. The van der Waals surface area contributed by atoms with Gasteiger partial charge < -0.3 is 10.2 Å². The van der Waals surface area contributed by atoms with Gasteiger partial charge in [-0.15, -0.1) is 0 Å². The molecular weight excluding hydrogens is 360 g/mol. The van der Waals surface area contributed by atoms with E-state index in [1.165, 1.54) is 33.4 Å². The number of fused-ring (bicyclic) bond motifs is 4. The summed E-state index contributed by atoms with van der Waals surface area (Å²) in [6.45, 7) is 12.5. The van der Waals surface area contributed by atoms with Gasteiger partial charge in [-0.2, -0.15) is 23.5 Å². The molecule has 0 saturated carbocycles. The summed E-state index contributed by atoms with van der Waals surface area (Å²) in [5.41, 5.74) is 11.8. The van der Waals surface area contributed by atoms with Crippen molar-refractivity contribution in [2.75, 3.05) is 0 Å². The molecule has 0 fully saturated rings. The molecule has 3 rings (SSSR count). The molecule has 0 amide bonds. The Morgan fingerprint density at radius 1 is 0.462 bits per heavy atom. The number of benzene rings is 2. The summed E-state index contributed by atoms with van der Waals surface area (Å²) >= 11 is 3.74. The van der Waals surface area contributed by atoms with Gasteiger partial charge in [0.25, 0.3) is 0 Å². The molecule has 0 aliphatic carbocycles. The third-order valence-electron chi connectivity index (χ3n) is 6.03. The molecule has 0 unspecified atom stereocenters. The highest BCUT2D eigenvalue weighted by Gasteiger charge is 2.21. The Morgan fingerprint density at radius 3 is 0.923 bits per heavy atom. The van der Waals surface area contributed by atoms with Crippen LogP contribution in [0, 0.1) is 41.5 Å². The van der Waals surface area contributed by atoms with Crippen LogP contribution in [-0.4, -0.2) is 10.2 Å². The summed E-state index contributed by atoms with van der Waals surface area (Å²) < 4.78 is 0. The fourth-order valence-corrected chi connectivity index (χ4v) is 6.75. The third-order valence-corrected chi connectivity index (χ3v) is 8.00. The van der Waals surface area contributed by atoms with Gasteiger partial charge >= 0.3 is 0 Å². The van der Waals surface area contributed by atoms with Crippen LogP contribution in [0.25, 0.3) is 0 Å². The van der Waals surface area contributed by atoms with E-state index in [1.807, 2.05) is 51.2 Å². The molecule has 2 N–H and O–H groups in total. The molecule has 4 bridgehead atoms. The number of thioether (sulfide) groups is 2. The Morgan fingerprint density at radius 2 is 0.692 bits per heavy atom. The first kappa shape index (κ1) is 19.5. The first-order chi connectivity index (χ1) is 12.3. The number of rotatable bonds is 0. The van der Waals surface area contributed by atoms with Gasteiger partial charge in [0.1, 0.15) is 11.5 Å². The lowest BCUT2D eigenvalue weighted by Crippen LogP contribution is -2.05. The van der Waals surface area contributed by atoms with Crippen LogP contribution in [0.15, 0.2) is 0 Å². The minimum absolute atomic E-state index is 0.457. The van der Waals surface area contributed by atoms with Gasteiger partial charge in [-0.3, -0.25) is 0 Å². The molecule has 1 heterocycles. The minimum atomic E-state index is 0.457. The normalized spacial score (nSPS) is 14.7. The van der Waals surface area contributed by atoms with Crippen LogP contribution in [0.5, 0.6) is 11.5 Å². The molecule has 4 heteroatoms. The Bertz CT molecular complexity index is 749. The summed E-state index contributed by atoms with van der Waals surface area (Å²) in [5, 5.41) is 21.2. The van der Waals surface area contributed by atoms with Crippen LogP contribution in [0.3, 0.4) is 0 Å². The fraction of sp³-hybridized carbons (Fsp3) is 0.455. The Hall–Kier alpha value is -1.26. The average molecular weight is 389 g/mol. The highest BCUT2D eigenvalue weighted by Crippen LogP contribution is 2.41. The average Bonchev–Trinajstić information content (AvgIpc) is 2.61. The van der Waals surface area contributed by atoms with Crippen molar-refractivity contribution in [3.63, 3.8) is 0 Å². The lowest BCUT2D eigenvalue weighted by molar-refractivity contribution is 0.465. The van der Waals surface area contributed by atoms with E-state index in [1.54, 1.807) is 0 Å². The van der Waals surface area contributed by atoms with E-state index in [9.17, 15) is 10.2 Å². The molecule has 0 spiro atoms. The topological polar surface area (TPSA) is 40.5 Å². The summed E-state index contributed by atoms with van der Waals surface area (Å²) in [7, 11) is 0. The van der Waals surface area contributed by atoms with Gasteiger partial charge in [0.2, 0.25) is 0 Å². The van der Waals surface area contributed by atoms with Crippen LogP contribution in [0.2, 0.25) is 0 Å². The summed E-state index contributed by atoms with van der Waals surface area (Å²) in [4.78, 5) is 0. The monoisotopic (exact) mass is 388 g/mol. The standard InChI is InChI=1S/C22H28O2S2/c1-11-17-7-25-9-19-12(2)20(16(6)22(24)15(19)5)10-26-8-18(11)14(4)21(23)13(17)3/h23-24H,7-10H2,1-6H3. The van der Waals surface area contributed by atoms with Crippen molar-refractivity contribution in [3.8, 4) is 11.5 Å². The number of hydrogen-bond acceptors (Lipinski definition) is 4. The fourth-order valence-electron chi connectivity index (χ4n) is 4.00. The summed E-state index contributed by atoms with van der Waals surface area (Å²) in [6, 6.07) is 0. The first-order valence-electron chi connectivity index (χ1n) is 9.02.